The van der Waals surface area contributed by atoms with Crippen LogP contribution < -0.4 is 14.2 Å². The van der Waals surface area contributed by atoms with Gasteiger partial charge in [0, 0.05) is 17.0 Å². The number of carboxylic acids is 1. The van der Waals surface area contributed by atoms with Gasteiger partial charge in [0.05, 0.1) is 13.5 Å². The first-order chi connectivity index (χ1) is 9.14. The van der Waals surface area contributed by atoms with Crippen molar-refractivity contribution in [3.63, 3.8) is 0 Å². The van der Waals surface area contributed by atoms with E-state index in [0.29, 0.717) is 30.5 Å². The third kappa shape index (κ3) is 2.09. The van der Waals surface area contributed by atoms with E-state index in [1.807, 2.05) is 6.07 Å². The zero-order valence-electron chi connectivity index (χ0n) is 10.8. The quantitative estimate of drug-likeness (QED) is 0.900. The second-order valence-electron chi connectivity index (χ2n) is 5.05. The number of benzene rings is 1. The van der Waals surface area contributed by atoms with Gasteiger partial charge in [-0.2, -0.15) is 0 Å². The van der Waals surface area contributed by atoms with Gasteiger partial charge in [-0.05, 0) is 18.9 Å². The van der Waals surface area contributed by atoms with Crippen molar-refractivity contribution >= 4 is 5.97 Å². The molecule has 2 aliphatic rings. The SMILES string of the molecule is COc1cc2c(cc1C1(CC(=O)O)CC1)OCCO2. The maximum atomic E-state index is 11.0. The zero-order valence-corrected chi connectivity index (χ0v) is 10.8. The van der Waals surface area contributed by atoms with Gasteiger partial charge in [0.25, 0.3) is 0 Å². The molecule has 1 aliphatic heterocycles. The van der Waals surface area contributed by atoms with Gasteiger partial charge in [-0.3, -0.25) is 4.79 Å². The summed E-state index contributed by atoms with van der Waals surface area (Å²) in [5.74, 6) is 1.24. The lowest BCUT2D eigenvalue weighted by Gasteiger charge is -2.23. The van der Waals surface area contributed by atoms with Crippen molar-refractivity contribution in [3.8, 4) is 17.2 Å². The molecule has 19 heavy (non-hydrogen) atoms. The predicted molar refractivity (Wildman–Crippen MR) is 67.1 cm³/mol. The molecule has 1 aromatic carbocycles. The van der Waals surface area contributed by atoms with E-state index in [0.717, 1.165) is 18.4 Å². The minimum Gasteiger partial charge on any atom is -0.496 e. The Morgan fingerprint density at radius 1 is 1.32 bits per heavy atom. The minimum absolute atomic E-state index is 0.128. The summed E-state index contributed by atoms with van der Waals surface area (Å²) in [4.78, 5) is 11.0. The van der Waals surface area contributed by atoms with Crippen LogP contribution in [0.5, 0.6) is 17.2 Å². The highest BCUT2D eigenvalue weighted by Crippen LogP contribution is 2.55. The molecule has 102 valence electrons. The van der Waals surface area contributed by atoms with E-state index in [2.05, 4.69) is 0 Å². The lowest BCUT2D eigenvalue weighted by Crippen LogP contribution is -2.18. The van der Waals surface area contributed by atoms with Gasteiger partial charge >= 0.3 is 5.97 Å². The third-order valence-electron chi connectivity index (χ3n) is 3.78. The molecule has 5 heteroatoms. The molecule has 0 unspecified atom stereocenters. The number of fused-ring (bicyclic) bond motifs is 1. The van der Waals surface area contributed by atoms with Crippen LogP contribution in [0.3, 0.4) is 0 Å². The van der Waals surface area contributed by atoms with Crippen LogP contribution in [-0.2, 0) is 10.2 Å². The van der Waals surface area contributed by atoms with Crippen molar-refractivity contribution in [1.29, 1.82) is 0 Å². The highest BCUT2D eigenvalue weighted by Gasteiger charge is 2.48. The molecular formula is C14H16O5. The summed E-state index contributed by atoms with van der Waals surface area (Å²) in [5.41, 5.74) is 0.620. The smallest absolute Gasteiger partial charge is 0.304 e. The van der Waals surface area contributed by atoms with Crippen LogP contribution in [0.25, 0.3) is 0 Å². The first kappa shape index (κ1) is 12.1. The Bertz CT molecular complexity index is 519. The average Bonchev–Trinajstić information content (AvgIpc) is 3.17. The molecule has 0 aromatic heterocycles. The predicted octanol–water partition coefficient (Wildman–Crippen LogP) is 1.97. The Hall–Kier alpha value is -1.91. The van der Waals surface area contributed by atoms with E-state index >= 15 is 0 Å². The Morgan fingerprint density at radius 3 is 2.47 bits per heavy atom. The van der Waals surface area contributed by atoms with E-state index in [9.17, 15) is 4.79 Å². The number of ether oxygens (including phenoxy) is 3. The summed E-state index contributed by atoms with van der Waals surface area (Å²) in [6, 6.07) is 3.68. The summed E-state index contributed by atoms with van der Waals surface area (Å²) in [7, 11) is 1.59. The maximum Gasteiger partial charge on any atom is 0.304 e. The van der Waals surface area contributed by atoms with Gasteiger partial charge in [-0.1, -0.05) is 0 Å². The number of carboxylic acid groups (broad SMARTS) is 1. The maximum absolute atomic E-state index is 11.0. The van der Waals surface area contributed by atoms with Gasteiger partial charge < -0.3 is 19.3 Å². The van der Waals surface area contributed by atoms with Crippen molar-refractivity contribution in [1.82, 2.24) is 0 Å². The van der Waals surface area contributed by atoms with Gasteiger partial charge in [0.1, 0.15) is 19.0 Å². The standard InChI is InChI=1S/C14H16O5/c1-17-10-7-12-11(18-4-5-19-12)6-9(10)14(2-3-14)8-13(15)16/h6-7H,2-5,8H2,1H3,(H,15,16). The van der Waals surface area contributed by atoms with Crippen LogP contribution in [-0.4, -0.2) is 31.4 Å². The summed E-state index contributed by atoms with van der Waals surface area (Å²) in [6.45, 7) is 1.04. The van der Waals surface area contributed by atoms with E-state index in [4.69, 9.17) is 19.3 Å². The molecule has 0 atom stereocenters. The van der Waals surface area contributed by atoms with Crippen molar-refractivity contribution in [2.75, 3.05) is 20.3 Å². The molecule has 1 aliphatic carbocycles. The Morgan fingerprint density at radius 2 is 1.95 bits per heavy atom. The Labute approximate surface area is 111 Å². The first-order valence-corrected chi connectivity index (χ1v) is 6.34. The summed E-state index contributed by atoms with van der Waals surface area (Å²) < 4.78 is 16.5. The zero-order chi connectivity index (χ0) is 13.5. The fourth-order valence-electron chi connectivity index (χ4n) is 2.64. The van der Waals surface area contributed by atoms with E-state index < -0.39 is 5.97 Å². The van der Waals surface area contributed by atoms with Gasteiger partial charge in [0.15, 0.2) is 11.5 Å². The Kier molecular flexibility index (Phi) is 2.77. The first-order valence-electron chi connectivity index (χ1n) is 6.34. The third-order valence-corrected chi connectivity index (χ3v) is 3.78. The van der Waals surface area contributed by atoms with Crippen LogP contribution in [0.4, 0.5) is 0 Å². The molecule has 1 aromatic rings. The molecule has 1 N–H and O–H groups in total. The summed E-state index contributed by atoms with van der Waals surface area (Å²) >= 11 is 0. The van der Waals surface area contributed by atoms with Gasteiger partial charge in [-0.25, -0.2) is 0 Å². The summed E-state index contributed by atoms with van der Waals surface area (Å²) in [5, 5.41) is 9.06. The molecule has 1 fully saturated rings. The number of aliphatic carboxylic acids is 1. The second kappa shape index (κ2) is 4.33. The lowest BCUT2D eigenvalue weighted by atomic mass is 9.91. The topological polar surface area (TPSA) is 65.0 Å². The van der Waals surface area contributed by atoms with Crippen LogP contribution in [0.1, 0.15) is 24.8 Å². The molecule has 0 bridgehead atoms. The molecule has 1 heterocycles. The molecule has 0 amide bonds. The van der Waals surface area contributed by atoms with Gasteiger partial charge in [0.2, 0.25) is 0 Å². The van der Waals surface area contributed by atoms with E-state index in [1.165, 1.54) is 0 Å². The number of hydrogen-bond acceptors (Lipinski definition) is 4. The van der Waals surface area contributed by atoms with Crippen LogP contribution in [0, 0.1) is 0 Å². The molecule has 5 nitrogen and oxygen atoms in total. The molecule has 0 saturated heterocycles. The number of rotatable bonds is 4. The normalized spacial score (nSPS) is 18.8. The fraction of sp³-hybridized carbons (Fsp3) is 0.500. The highest BCUT2D eigenvalue weighted by atomic mass is 16.6. The van der Waals surface area contributed by atoms with Gasteiger partial charge in [-0.15, -0.1) is 0 Å². The van der Waals surface area contributed by atoms with Crippen molar-refractivity contribution in [2.24, 2.45) is 0 Å². The molecule has 3 rings (SSSR count). The lowest BCUT2D eigenvalue weighted by molar-refractivity contribution is -0.137. The van der Waals surface area contributed by atoms with Crippen LogP contribution >= 0.6 is 0 Å². The van der Waals surface area contributed by atoms with Crippen molar-refractivity contribution in [3.05, 3.63) is 17.7 Å². The fourth-order valence-corrected chi connectivity index (χ4v) is 2.64. The number of hydrogen-bond donors (Lipinski definition) is 1. The minimum atomic E-state index is -0.783. The van der Waals surface area contributed by atoms with Crippen LogP contribution in [0.2, 0.25) is 0 Å². The number of methoxy groups -OCH3 is 1. The largest absolute Gasteiger partial charge is 0.496 e. The van der Waals surface area contributed by atoms with E-state index in [-0.39, 0.29) is 11.8 Å². The molecule has 0 radical (unpaired) electrons. The second-order valence-corrected chi connectivity index (χ2v) is 5.05. The van der Waals surface area contributed by atoms with Crippen LogP contribution in [0.15, 0.2) is 12.1 Å². The molecule has 0 spiro atoms. The van der Waals surface area contributed by atoms with E-state index in [1.54, 1.807) is 13.2 Å². The monoisotopic (exact) mass is 264 g/mol. The van der Waals surface area contributed by atoms with Crippen molar-refractivity contribution in [2.45, 2.75) is 24.7 Å². The Balaban J connectivity index is 2.02. The highest BCUT2D eigenvalue weighted by molar-refractivity contribution is 5.71. The molecule has 1 saturated carbocycles. The number of carbonyl (C=O) groups is 1. The average molecular weight is 264 g/mol. The summed E-state index contributed by atoms with van der Waals surface area (Å²) in [6.07, 6.45) is 1.87. The van der Waals surface area contributed by atoms with Crippen molar-refractivity contribution < 1.29 is 24.1 Å². The molecular weight excluding hydrogens is 248 g/mol.